The van der Waals surface area contributed by atoms with E-state index in [2.05, 4.69) is 69.1 Å². The fraction of sp³-hybridized carbons (Fsp3) is 0.625. The second kappa shape index (κ2) is 7.04. The van der Waals surface area contributed by atoms with Gasteiger partial charge >= 0.3 is 0 Å². The van der Waals surface area contributed by atoms with E-state index in [1.807, 2.05) is 6.07 Å². The number of nitrogens with zero attached hydrogens (tertiary/aromatic N) is 2. The summed E-state index contributed by atoms with van der Waals surface area (Å²) in [6.45, 7) is 7.63. The minimum absolute atomic E-state index is 0.0580. The van der Waals surface area contributed by atoms with Crippen molar-refractivity contribution in [3.05, 3.63) is 35.9 Å². The van der Waals surface area contributed by atoms with Gasteiger partial charge in [-0.25, -0.2) is 0 Å². The molecule has 3 heteroatoms. The molecule has 1 rings (SSSR count). The van der Waals surface area contributed by atoms with E-state index in [0.29, 0.717) is 0 Å². The zero-order chi connectivity index (χ0) is 14.5. The lowest BCUT2D eigenvalue weighted by Crippen LogP contribution is -2.41. The molecular weight excluding hydrogens is 234 g/mol. The Morgan fingerprint density at radius 3 is 2.16 bits per heavy atom. The first-order chi connectivity index (χ1) is 8.83. The summed E-state index contributed by atoms with van der Waals surface area (Å²) in [4.78, 5) is 4.57. The van der Waals surface area contributed by atoms with Gasteiger partial charge in [-0.15, -0.1) is 0 Å². The molecule has 0 bridgehead atoms. The third-order valence-electron chi connectivity index (χ3n) is 3.61. The maximum atomic E-state index is 6.44. The van der Waals surface area contributed by atoms with Crippen molar-refractivity contribution in [3.63, 3.8) is 0 Å². The minimum Gasteiger partial charge on any atom is -0.323 e. The fourth-order valence-corrected chi connectivity index (χ4v) is 2.36. The maximum absolute atomic E-state index is 6.44. The smallest absolute Gasteiger partial charge is 0.0359 e. The molecule has 0 aliphatic carbocycles. The predicted octanol–water partition coefficient (Wildman–Crippen LogP) is 2.21. The van der Waals surface area contributed by atoms with Crippen molar-refractivity contribution in [2.24, 2.45) is 11.1 Å². The van der Waals surface area contributed by atoms with E-state index in [1.54, 1.807) is 0 Å². The summed E-state index contributed by atoms with van der Waals surface area (Å²) in [5, 5.41) is 0. The van der Waals surface area contributed by atoms with Gasteiger partial charge in [-0.1, -0.05) is 44.2 Å². The van der Waals surface area contributed by atoms with E-state index in [0.717, 1.165) is 19.6 Å². The Morgan fingerprint density at radius 1 is 1.05 bits per heavy atom. The predicted molar refractivity (Wildman–Crippen MR) is 83.2 cm³/mol. The molecule has 2 N–H and O–H groups in total. The van der Waals surface area contributed by atoms with Gasteiger partial charge in [-0.2, -0.15) is 0 Å². The maximum Gasteiger partial charge on any atom is 0.0359 e. The van der Waals surface area contributed by atoms with Gasteiger partial charge in [-0.3, -0.25) is 0 Å². The first-order valence-corrected chi connectivity index (χ1v) is 6.97. The highest BCUT2D eigenvalue weighted by atomic mass is 15.2. The summed E-state index contributed by atoms with van der Waals surface area (Å²) in [6.07, 6.45) is 0. The molecule has 1 unspecified atom stereocenters. The van der Waals surface area contributed by atoms with Crippen LogP contribution in [-0.2, 0) is 0 Å². The molecule has 19 heavy (non-hydrogen) atoms. The van der Waals surface area contributed by atoms with Crippen LogP contribution < -0.4 is 5.73 Å². The number of likely N-dealkylation sites (N-methyl/N-ethyl adjacent to an activating group) is 2. The third kappa shape index (κ3) is 5.31. The molecule has 1 atom stereocenters. The lowest BCUT2D eigenvalue weighted by Gasteiger charge is -2.36. The molecule has 0 aliphatic rings. The highest BCUT2D eigenvalue weighted by Gasteiger charge is 2.28. The van der Waals surface area contributed by atoms with Crippen molar-refractivity contribution in [1.29, 1.82) is 0 Å². The molecule has 1 aromatic rings. The molecule has 0 saturated heterocycles. The normalized spacial score (nSPS) is 14.1. The standard InChI is InChI=1S/C16H29N3/c1-16(2,13-19(5)12-11-18(3)4)15(17)14-9-7-6-8-10-14/h6-10,15H,11-13,17H2,1-5H3. The van der Waals surface area contributed by atoms with Crippen LogP contribution >= 0.6 is 0 Å². The monoisotopic (exact) mass is 263 g/mol. The number of rotatable bonds is 7. The van der Waals surface area contributed by atoms with Gasteiger partial charge in [0, 0.05) is 25.7 Å². The van der Waals surface area contributed by atoms with Crippen molar-refractivity contribution < 1.29 is 0 Å². The van der Waals surface area contributed by atoms with Crippen LogP contribution in [0.4, 0.5) is 0 Å². The molecular formula is C16H29N3. The van der Waals surface area contributed by atoms with Crippen molar-refractivity contribution in [3.8, 4) is 0 Å². The number of hydrogen-bond acceptors (Lipinski definition) is 3. The van der Waals surface area contributed by atoms with Gasteiger partial charge in [0.25, 0.3) is 0 Å². The SMILES string of the molecule is CN(C)CCN(C)CC(C)(C)C(N)c1ccccc1. The highest BCUT2D eigenvalue weighted by molar-refractivity contribution is 5.20. The number of nitrogens with two attached hydrogens (primary N) is 1. The van der Waals surface area contributed by atoms with Crippen LogP contribution in [0.2, 0.25) is 0 Å². The third-order valence-corrected chi connectivity index (χ3v) is 3.61. The Hall–Kier alpha value is -0.900. The van der Waals surface area contributed by atoms with Gasteiger partial charge < -0.3 is 15.5 Å². The summed E-state index contributed by atoms with van der Waals surface area (Å²) >= 11 is 0. The zero-order valence-electron chi connectivity index (χ0n) is 13.1. The highest BCUT2D eigenvalue weighted by Crippen LogP contribution is 2.31. The summed E-state index contributed by atoms with van der Waals surface area (Å²) in [7, 11) is 6.38. The van der Waals surface area contributed by atoms with Gasteiger partial charge in [0.15, 0.2) is 0 Å². The largest absolute Gasteiger partial charge is 0.323 e. The average Bonchev–Trinajstić information content (AvgIpc) is 2.36. The Morgan fingerprint density at radius 2 is 1.63 bits per heavy atom. The van der Waals surface area contributed by atoms with Crippen LogP contribution in [0.3, 0.4) is 0 Å². The second-order valence-corrected chi connectivity index (χ2v) is 6.42. The number of hydrogen-bond donors (Lipinski definition) is 1. The Bertz CT molecular complexity index is 360. The minimum atomic E-state index is 0.0580. The molecule has 0 fully saturated rings. The molecule has 0 aliphatic heterocycles. The lowest BCUT2D eigenvalue weighted by atomic mass is 9.80. The van der Waals surface area contributed by atoms with Crippen LogP contribution in [0, 0.1) is 5.41 Å². The Balaban J connectivity index is 2.59. The Labute approximate surface area is 118 Å². The van der Waals surface area contributed by atoms with E-state index >= 15 is 0 Å². The van der Waals surface area contributed by atoms with Crippen LogP contribution in [0.5, 0.6) is 0 Å². The molecule has 0 saturated carbocycles. The first-order valence-electron chi connectivity index (χ1n) is 6.97. The Kier molecular flexibility index (Phi) is 5.98. The fourth-order valence-electron chi connectivity index (χ4n) is 2.36. The van der Waals surface area contributed by atoms with E-state index in [-0.39, 0.29) is 11.5 Å². The summed E-state index contributed by atoms with van der Waals surface area (Å²) in [6, 6.07) is 10.4. The molecule has 3 nitrogen and oxygen atoms in total. The lowest BCUT2D eigenvalue weighted by molar-refractivity contribution is 0.167. The summed E-state index contributed by atoms with van der Waals surface area (Å²) in [5.74, 6) is 0. The molecule has 0 spiro atoms. The quantitative estimate of drug-likeness (QED) is 0.818. The number of benzene rings is 1. The summed E-state index contributed by atoms with van der Waals surface area (Å²) in [5.41, 5.74) is 7.71. The molecule has 1 aromatic carbocycles. The van der Waals surface area contributed by atoms with E-state index in [4.69, 9.17) is 5.73 Å². The summed E-state index contributed by atoms with van der Waals surface area (Å²) < 4.78 is 0. The van der Waals surface area contributed by atoms with Crippen LogP contribution in [0.15, 0.2) is 30.3 Å². The van der Waals surface area contributed by atoms with Crippen LogP contribution in [0.1, 0.15) is 25.5 Å². The van der Waals surface area contributed by atoms with Crippen LogP contribution in [-0.4, -0.2) is 50.6 Å². The van der Waals surface area contributed by atoms with Crippen molar-refractivity contribution >= 4 is 0 Å². The molecule has 0 radical (unpaired) electrons. The van der Waals surface area contributed by atoms with Gasteiger partial charge in [0.05, 0.1) is 0 Å². The van der Waals surface area contributed by atoms with Crippen LogP contribution in [0.25, 0.3) is 0 Å². The first kappa shape index (κ1) is 16.2. The van der Waals surface area contributed by atoms with Gasteiger partial charge in [0.2, 0.25) is 0 Å². The molecule has 108 valence electrons. The van der Waals surface area contributed by atoms with Crippen molar-refractivity contribution in [2.45, 2.75) is 19.9 Å². The zero-order valence-corrected chi connectivity index (χ0v) is 13.1. The van der Waals surface area contributed by atoms with E-state index in [1.165, 1.54) is 5.56 Å². The van der Waals surface area contributed by atoms with Crippen molar-refractivity contribution in [1.82, 2.24) is 9.80 Å². The second-order valence-electron chi connectivity index (χ2n) is 6.42. The van der Waals surface area contributed by atoms with E-state index in [9.17, 15) is 0 Å². The molecule has 0 amide bonds. The molecule has 0 heterocycles. The van der Waals surface area contributed by atoms with Gasteiger partial charge in [0.1, 0.15) is 0 Å². The topological polar surface area (TPSA) is 32.5 Å². The average molecular weight is 263 g/mol. The van der Waals surface area contributed by atoms with Gasteiger partial charge in [-0.05, 0) is 32.1 Å². The molecule has 0 aromatic heterocycles. The van der Waals surface area contributed by atoms with Crippen molar-refractivity contribution in [2.75, 3.05) is 40.8 Å². The van der Waals surface area contributed by atoms with E-state index < -0.39 is 0 Å².